The summed E-state index contributed by atoms with van der Waals surface area (Å²) in [6.45, 7) is 7.55. The molecule has 1 amide bonds. The standard InChI is InChI=1S/C23H26N2O5S2/c1-6-11-25-18-13-19(29-4)20(30-5)14-21(18)31-23(25)24-22(26)12-16-7-9-17(10-8-16)32(27,28)15(2)3/h6-10,13-15H,1,11-12H2,2-5H3. The lowest BCUT2D eigenvalue weighted by Gasteiger charge is -2.08. The lowest BCUT2D eigenvalue weighted by molar-refractivity contribution is -0.117. The van der Waals surface area contributed by atoms with Crippen LogP contribution in [0.4, 0.5) is 0 Å². The van der Waals surface area contributed by atoms with Crippen molar-refractivity contribution in [2.75, 3.05) is 14.2 Å². The van der Waals surface area contributed by atoms with Crippen molar-refractivity contribution in [3.63, 3.8) is 0 Å². The Labute approximate surface area is 191 Å². The molecule has 0 aliphatic rings. The highest BCUT2D eigenvalue weighted by atomic mass is 32.2. The Balaban J connectivity index is 1.95. The molecule has 7 nitrogen and oxygen atoms in total. The zero-order valence-electron chi connectivity index (χ0n) is 18.5. The molecule has 0 saturated carbocycles. The summed E-state index contributed by atoms with van der Waals surface area (Å²) in [5.41, 5.74) is 1.56. The van der Waals surface area contributed by atoms with Crippen LogP contribution in [0.1, 0.15) is 19.4 Å². The molecule has 9 heteroatoms. The van der Waals surface area contributed by atoms with Gasteiger partial charge in [-0.2, -0.15) is 4.99 Å². The zero-order valence-corrected chi connectivity index (χ0v) is 20.1. The van der Waals surface area contributed by atoms with Gasteiger partial charge in [-0.15, -0.1) is 6.58 Å². The van der Waals surface area contributed by atoms with Crippen molar-refractivity contribution in [1.29, 1.82) is 0 Å². The minimum absolute atomic E-state index is 0.0665. The van der Waals surface area contributed by atoms with E-state index in [0.29, 0.717) is 28.4 Å². The highest BCUT2D eigenvalue weighted by Gasteiger charge is 2.19. The van der Waals surface area contributed by atoms with E-state index in [4.69, 9.17) is 9.47 Å². The Kier molecular flexibility index (Phi) is 7.20. The fourth-order valence-corrected chi connectivity index (χ4v) is 5.30. The summed E-state index contributed by atoms with van der Waals surface area (Å²) in [6.07, 6.45) is 1.80. The molecule has 3 aromatic rings. The second-order valence-corrected chi connectivity index (χ2v) is 10.9. The summed E-state index contributed by atoms with van der Waals surface area (Å²) in [5.74, 6) is 0.860. The van der Waals surface area contributed by atoms with Crippen LogP contribution in [0.25, 0.3) is 10.2 Å². The van der Waals surface area contributed by atoms with Crippen LogP contribution in [0, 0.1) is 0 Å². The molecule has 0 aliphatic carbocycles. The number of sulfone groups is 1. The van der Waals surface area contributed by atoms with Crippen LogP contribution in [0.15, 0.2) is 58.9 Å². The van der Waals surface area contributed by atoms with Gasteiger partial charge in [-0.25, -0.2) is 8.42 Å². The van der Waals surface area contributed by atoms with Gasteiger partial charge in [-0.3, -0.25) is 4.79 Å². The fraction of sp³-hybridized carbons (Fsp3) is 0.304. The van der Waals surface area contributed by atoms with Gasteiger partial charge in [0.1, 0.15) is 0 Å². The molecule has 0 N–H and O–H groups in total. The predicted octanol–water partition coefficient (Wildman–Crippen LogP) is 3.76. The highest BCUT2D eigenvalue weighted by Crippen LogP contribution is 2.33. The molecular formula is C23H26N2O5S2. The van der Waals surface area contributed by atoms with E-state index in [0.717, 1.165) is 10.2 Å². The summed E-state index contributed by atoms with van der Waals surface area (Å²) in [5, 5.41) is -0.504. The van der Waals surface area contributed by atoms with Gasteiger partial charge in [0.15, 0.2) is 26.1 Å². The summed E-state index contributed by atoms with van der Waals surface area (Å²) in [6, 6.07) is 10.1. The highest BCUT2D eigenvalue weighted by molar-refractivity contribution is 7.92. The Bertz CT molecular complexity index is 1320. The molecule has 2 aromatic carbocycles. The van der Waals surface area contributed by atoms with Crippen molar-refractivity contribution in [2.24, 2.45) is 4.99 Å². The SMILES string of the molecule is C=CCn1c(=NC(=O)Cc2ccc(S(=O)(=O)C(C)C)cc2)sc2cc(OC)c(OC)cc21. The van der Waals surface area contributed by atoms with Gasteiger partial charge in [-0.05, 0) is 31.5 Å². The molecule has 0 atom stereocenters. The largest absolute Gasteiger partial charge is 0.493 e. The van der Waals surface area contributed by atoms with Gasteiger partial charge in [0.25, 0.3) is 5.91 Å². The second kappa shape index (κ2) is 9.70. The summed E-state index contributed by atoms with van der Waals surface area (Å²) >= 11 is 1.37. The average molecular weight is 475 g/mol. The van der Waals surface area contributed by atoms with Gasteiger partial charge in [-0.1, -0.05) is 29.5 Å². The number of hydrogen-bond donors (Lipinski definition) is 0. The molecule has 32 heavy (non-hydrogen) atoms. The van der Waals surface area contributed by atoms with Gasteiger partial charge in [0.05, 0.1) is 41.0 Å². The molecule has 0 aliphatic heterocycles. The third kappa shape index (κ3) is 4.78. The summed E-state index contributed by atoms with van der Waals surface area (Å²) in [4.78, 5) is 17.8. The van der Waals surface area contributed by atoms with Crippen LogP contribution in [0.5, 0.6) is 11.5 Å². The first-order valence-electron chi connectivity index (χ1n) is 9.98. The Morgan fingerprint density at radius 2 is 1.78 bits per heavy atom. The first-order chi connectivity index (χ1) is 15.2. The van der Waals surface area contributed by atoms with Gasteiger partial charge >= 0.3 is 0 Å². The minimum Gasteiger partial charge on any atom is -0.493 e. The number of fused-ring (bicyclic) bond motifs is 1. The summed E-state index contributed by atoms with van der Waals surface area (Å²) in [7, 11) is -0.208. The average Bonchev–Trinajstić information content (AvgIpc) is 3.08. The number of carbonyl (C=O) groups excluding carboxylic acids is 1. The zero-order chi connectivity index (χ0) is 23.5. The lowest BCUT2D eigenvalue weighted by Crippen LogP contribution is -2.17. The Morgan fingerprint density at radius 3 is 2.34 bits per heavy atom. The van der Waals surface area contributed by atoms with E-state index >= 15 is 0 Å². The number of thiazole rings is 1. The molecule has 1 aromatic heterocycles. The van der Waals surface area contributed by atoms with E-state index in [1.807, 2.05) is 16.7 Å². The third-order valence-corrected chi connectivity index (χ3v) is 8.16. The molecule has 1 heterocycles. The van der Waals surface area contributed by atoms with Crippen molar-refractivity contribution in [2.45, 2.75) is 37.0 Å². The second-order valence-electron chi connectivity index (χ2n) is 7.38. The number of rotatable bonds is 8. The minimum atomic E-state index is -3.35. The van der Waals surface area contributed by atoms with Crippen LogP contribution in [-0.4, -0.2) is 38.4 Å². The monoisotopic (exact) mass is 474 g/mol. The van der Waals surface area contributed by atoms with Crippen molar-refractivity contribution < 1.29 is 22.7 Å². The van der Waals surface area contributed by atoms with Crippen LogP contribution < -0.4 is 14.3 Å². The number of nitrogens with zero attached hydrogens (tertiary/aromatic N) is 2. The van der Waals surface area contributed by atoms with Crippen LogP contribution in [0.3, 0.4) is 0 Å². The number of amides is 1. The number of aromatic nitrogens is 1. The van der Waals surface area contributed by atoms with E-state index in [2.05, 4.69) is 11.6 Å². The summed E-state index contributed by atoms with van der Waals surface area (Å²) < 4.78 is 38.1. The van der Waals surface area contributed by atoms with Gasteiger partial charge in [0.2, 0.25) is 0 Å². The maximum absolute atomic E-state index is 12.7. The molecule has 0 fully saturated rings. The van der Waals surface area contributed by atoms with Crippen molar-refractivity contribution >= 4 is 37.3 Å². The lowest BCUT2D eigenvalue weighted by atomic mass is 10.1. The predicted molar refractivity (Wildman–Crippen MR) is 126 cm³/mol. The molecule has 0 radical (unpaired) electrons. The number of hydrogen-bond acceptors (Lipinski definition) is 6. The molecule has 3 rings (SSSR count). The van der Waals surface area contributed by atoms with E-state index in [-0.39, 0.29) is 17.2 Å². The van der Waals surface area contributed by atoms with E-state index < -0.39 is 15.1 Å². The topological polar surface area (TPSA) is 87.0 Å². The molecule has 170 valence electrons. The van der Waals surface area contributed by atoms with Gasteiger partial charge < -0.3 is 14.0 Å². The fourth-order valence-electron chi connectivity index (χ4n) is 3.18. The smallest absolute Gasteiger partial charge is 0.252 e. The quantitative estimate of drug-likeness (QED) is 0.464. The first-order valence-corrected chi connectivity index (χ1v) is 12.3. The normalized spacial score (nSPS) is 12.3. The molecule has 0 spiro atoms. The maximum Gasteiger partial charge on any atom is 0.252 e. The number of ether oxygens (including phenoxy) is 2. The molecule has 0 saturated heterocycles. The third-order valence-electron chi connectivity index (χ3n) is 4.95. The van der Waals surface area contributed by atoms with Crippen molar-refractivity contribution in [3.05, 3.63) is 59.4 Å². The molecule has 0 unspecified atom stereocenters. The first kappa shape index (κ1) is 23.7. The van der Waals surface area contributed by atoms with E-state index in [1.165, 1.54) is 23.5 Å². The number of carbonyl (C=O) groups is 1. The van der Waals surface area contributed by atoms with E-state index in [1.54, 1.807) is 46.3 Å². The molecule has 0 bridgehead atoms. The van der Waals surface area contributed by atoms with Gasteiger partial charge in [0, 0.05) is 18.7 Å². The Hall–Kier alpha value is -2.91. The van der Waals surface area contributed by atoms with E-state index in [9.17, 15) is 13.2 Å². The molecular weight excluding hydrogens is 448 g/mol. The van der Waals surface area contributed by atoms with Crippen LogP contribution >= 0.6 is 11.3 Å². The van der Waals surface area contributed by atoms with Crippen LogP contribution in [-0.2, 0) is 27.6 Å². The maximum atomic E-state index is 12.7. The van der Waals surface area contributed by atoms with Crippen molar-refractivity contribution in [3.8, 4) is 11.5 Å². The number of benzene rings is 2. The number of allylic oxidation sites excluding steroid dienone is 1. The van der Waals surface area contributed by atoms with Crippen LogP contribution in [0.2, 0.25) is 0 Å². The van der Waals surface area contributed by atoms with Crippen molar-refractivity contribution in [1.82, 2.24) is 4.57 Å². The number of methoxy groups -OCH3 is 2. The Morgan fingerprint density at radius 1 is 1.16 bits per heavy atom.